The van der Waals surface area contributed by atoms with Crippen molar-refractivity contribution in [2.45, 2.75) is 161 Å². The van der Waals surface area contributed by atoms with Gasteiger partial charge in [-0.3, -0.25) is 9.59 Å². The number of ether oxygens (including phenoxy) is 12. The topological polar surface area (TPSA) is 333 Å². The predicted octanol–water partition coefficient (Wildman–Crippen LogP) is 16.0. The molecule has 0 spiro atoms. The lowest BCUT2D eigenvalue weighted by atomic mass is 9.98. The van der Waals surface area contributed by atoms with E-state index in [1.165, 1.54) is 72.8 Å². The van der Waals surface area contributed by atoms with Crippen LogP contribution in [0.4, 0.5) is 0 Å². The average molecular weight is 1530 g/mol. The third-order valence-electron chi connectivity index (χ3n) is 17.2. The Balaban J connectivity index is 1.18. The summed E-state index contributed by atoms with van der Waals surface area (Å²) >= 11 is 0. The standard InChI is InChI=1S/C87H102N2O22/c1-5-76(90)104-54-28-17-9-13-24-50-100-68-42-34-62(35-43-68)84(96)108-72-58-66(80(74(60-72)82(88)94)110-86(98)64-38-46-70(47-39-64)102-52-26-15-11-19-30-56-106-78(92)7-3)32-22-21-23-33-67-59-73(109-85(97)63-36-44-69(45-37-63)101-51-25-14-10-18-29-55-105-77(91)6-2)61-75(83(89)95)81(67)111-87(99)65-40-48-71(49-41-65)103-53-27-16-12-20-31-57-107-79(93)8-4/h5-8,34-49,58-61H,1-4,9-33,50-57H2,(H2,88,94)(H2,89,95). The van der Waals surface area contributed by atoms with Crippen LogP contribution in [0, 0.1) is 0 Å². The number of hydrogen-bond donors (Lipinski definition) is 2. The van der Waals surface area contributed by atoms with E-state index in [0.717, 1.165) is 153 Å². The Kier molecular flexibility index (Phi) is 40.3. The van der Waals surface area contributed by atoms with E-state index < -0.39 is 59.6 Å². The predicted molar refractivity (Wildman–Crippen MR) is 416 cm³/mol. The number of benzene rings is 6. The van der Waals surface area contributed by atoms with Gasteiger partial charge in [0.1, 0.15) is 46.0 Å². The maximum atomic E-state index is 14.1. The summed E-state index contributed by atoms with van der Waals surface area (Å²) in [6.45, 7) is 16.6. The molecule has 24 heteroatoms. The molecule has 6 rings (SSSR count). The zero-order chi connectivity index (χ0) is 79.8. The number of esters is 8. The number of hydrogen-bond acceptors (Lipinski definition) is 22. The van der Waals surface area contributed by atoms with Crippen LogP contribution in [0.3, 0.4) is 0 Å². The molecule has 24 nitrogen and oxygen atoms in total. The molecule has 111 heavy (non-hydrogen) atoms. The van der Waals surface area contributed by atoms with Gasteiger partial charge in [-0.15, -0.1) is 0 Å². The molecule has 4 N–H and O–H groups in total. The van der Waals surface area contributed by atoms with Crippen LogP contribution in [0.15, 0.2) is 172 Å². The molecule has 0 aliphatic rings. The normalized spacial score (nSPS) is 10.7. The monoisotopic (exact) mass is 1530 g/mol. The Morgan fingerprint density at radius 3 is 0.712 bits per heavy atom. The Hall–Kier alpha value is -11.8. The maximum Gasteiger partial charge on any atom is 0.343 e. The Morgan fingerprint density at radius 2 is 0.477 bits per heavy atom. The second kappa shape index (κ2) is 50.7. The smallest absolute Gasteiger partial charge is 0.343 e. The van der Waals surface area contributed by atoms with E-state index in [9.17, 15) is 47.9 Å². The fraction of sp³-hybridized carbons (Fsp3) is 0.379. The number of unbranched alkanes of at least 4 members (excludes halogenated alkanes) is 18. The molecule has 592 valence electrons. The molecule has 6 aromatic carbocycles. The van der Waals surface area contributed by atoms with Crippen LogP contribution in [0.25, 0.3) is 0 Å². The van der Waals surface area contributed by atoms with Crippen molar-refractivity contribution in [1.82, 2.24) is 0 Å². The van der Waals surface area contributed by atoms with Gasteiger partial charge >= 0.3 is 47.8 Å². The minimum atomic E-state index is -0.991. The summed E-state index contributed by atoms with van der Waals surface area (Å²) < 4.78 is 67.7. The summed E-state index contributed by atoms with van der Waals surface area (Å²) in [5.41, 5.74) is 12.7. The van der Waals surface area contributed by atoms with E-state index in [2.05, 4.69) is 26.3 Å². The lowest BCUT2D eigenvalue weighted by Crippen LogP contribution is -2.18. The molecule has 0 heterocycles. The maximum absolute atomic E-state index is 14.1. The second-order valence-corrected chi connectivity index (χ2v) is 25.8. The third kappa shape index (κ3) is 33.7. The van der Waals surface area contributed by atoms with Crippen molar-refractivity contribution in [3.8, 4) is 46.0 Å². The van der Waals surface area contributed by atoms with Crippen LogP contribution in [0.5, 0.6) is 46.0 Å². The zero-order valence-electron chi connectivity index (χ0n) is 63.2. The highest BCUT2D eigenvalue weighted by Crippen LogP contribution is 2.36. The van der Waals surface area contributed by atoms with Crippen LogP contribution < -0.4 is 49.4 Å². The summed E-state index contributed by atoms with van der Waals surface area (Å²) in [6.07, 6.45) is 22.6. The second-order valence-electron chi connectivity index (χ2n) is 25.8. The van der Waals surface area contributed by atoms with Crippen molar-refractivity contribution in [3.05, 3.63) is 216 Å². The highest BCUT2D eigenvalue weighted by molar-refractivity contribution is 6.01. The van der Waals surface area contributed by atoms with Crippen LogP contribution in [0.2, 0.25) is 0 Å². The van der Waals surface area contributed by atoms with E-state index in [1.807, 2.05) is 0 Å². The third-order valence-corrected chi connectivity index (χ3v) is 17.2. The molecule has 6 aromatic rings. The summed E-state index contributed by atoms with van der Waals surface area (Å²) in [4.78, 5) is 128. The van der Waals surface area contributed by atoms with Crippen molar-refractivity contribution in [2.75, 3.05) is 52.9 Å². The first-order valence-electron chi connectivity index (χ1n) is 37.8. The van der Waals surface area contributed by atoms with E-state index >= 15 is 0 Å². The zero-order valence-corrected chi connectivity index (χ0v) is 63.2. The molecule has 0 saturated carbocycles. The minimum Gasteiger partial charge on any atom is -0.494 e. The number of rotatable bonds is 56. The van der Waals surface area contributed by atoms with Crippen molar-refractivity contribution >= 4 is 59.6 Å². The van der Waals surface area contributed by atoms with Gasteiger partial charge in [-0.1, -0.05) is 110 Å². The SMILES string of the molecule is C=CC(=O)OCCCCCCCOc1ccc(C(=O)Oc2cc(CCCCCc3cc(OC(=O)c4ccc(OCCCCCCCOC(=O)C=C)cc4)cc(C(N)=O)c3OC(=O)c3ccc(OCCCCCCCOC(=O)C=C)cc3)c(OC(=O)c3ccc(OCCCCCCCOC(=O)C=C)cc3)c(C(N)=O)c2)cc1. The molecular formula is C87H102N2O22. The Bertz CT molecular complexity index is 3780. The first-order valence-corrected chi connectivity index (χ1v) is 37.8. The Labute approximate surface area is 648 Å². The lowest BCUT2D eigenvalue weighted by Gasteiger charge is -2.17. The van der Waals surface area contributed by atoms with Crippen molar-refractivity contribution in [2.24, 2.45) is 11.5 Å². The van der Waals surface area contributed by atoms with Crippen LogP contribution >= 0.6 is 0 Å². The molecular weight excluding hydrogens is 1420 g/mol. The van der Waals surface area contributed by atoms with E-state index in [4.69, 9.17) is 68.3 Å². The highest BCUT2D eigenvalue weighted by Gasteiger charge is 2.26. The molecule has 0 unspecified atom stereocenters. The van der Waals surface area contributed by atoms with Gasteiger partial charge in [0.05, 0.1) is 86.2 Å². The van der Waals surface area contributed by atoms with Crippen LogP contribution in [-0.2, 0) is 51.0 Å². The first-order chi connectivity index (χ1) is 53.9. The summed E-state index contributed by atoms with van der Waals surface area (Å²) in [6, 6.07) is 30.7. The number of carbonyl (C=O) groups excluding carboxylic acids is 10. The van der Waals surface area contributed by atoms with Crippen molar-refractivity contribution < 1.29 is 105 Å². The van der Waals surface area contributed by atoms with E-state index in [1.54, 1.807) is 48.5 Å². The van der Waals surface area contributed by atoms with Gasteiger partial charge < -0.3 is 68.3 Å². The fourth-order valence-corrected chi connectivity index (χ4v) is 11.2. The number of amides is 2. The Morgan fingerprint density at radius 1 is 0.261 bits per heavy atom. The minimum absolute atomic E-state index is 0.0755. The lowest BCUT2D eigenvalue weighted by molar-refractivity contribution is -0.138. The molecule has 0 saturated heterocycles. The molecule has 0 aliphatic heterocycles. The summed E-state index contributed by atoms with van der Waals surface area (Å²) in [5.74, 6) is -5.41. The fourth-order valence-electron chi connectivity index (χ4n) is 11.2. The van der Waals surface area contributed by atoms with Crippen molar-refractivity contribution in [1.29, 1.82) is 0 Å². The van der Waals surface area contributed by atoms with Gasteiger partial charge in [0, 0.05) is 24.3 Å². The van der Waals surface area contributed by atoms with E-state index in [0.29, 0.717) is 95.1 Å². The highest BCUT2D eigenvalue weighted by atomic mass is 16.6. The summed E-state index contributed by atoms with van der Waals surface area (Å²) in [5, 5.41) is 0. The van der Waals surface area contributed by atoms with Crippen LogP contribution in [0.1, 0.15) is 221 Å². The number of aryl methyl sites for hydroxylation is 2. The quantitative estimate of drug-likeness (QED) is 0.0118. The molecule has 0 radical (unpaired) electrons. The number of carbonyl (C=O) groups is 10. The molecule has 0 aliphatic carbocycles. The molecule has 0 bridgehead atoms. The molecule has 0 fully saturated rings. The average Bonchev–Trinajstić information content (AvgIpc) is 0.806. The summed E-state index contributed by atoms with van der Waals surface area (Å²) in [7, 11) is 0. The first kappa shape index (κ1) is 88.1. The van der Waals surface area contributed by atoms with E-state index in [-0.39, 0.29) is 80.3 Å². The van der Waals surface area contributed by atoms with Gasteiger partial charge in [0.2, 0.25) is 0 Å². The molecule has 2 amide bonds. The molecule has 0 aromatic heterocycles. The molecule has 0 atom stereocenters. The van der Waals surface area contributed by atoms with Crippen LogP contribution in [-0.4, -0.2) is 112 Å². The van der Waals surface area contributed by atoms with Gasteiger partial charge in [0.15, 0.2) is 0 Å². The largest absolute Gasteiger partial charge is 0.494 e. The van der Waals surface area contributed by atoms with Gasteiger partial charge in [0.25, 0.3) is 11.8 Å². The van der Waals surface area contributed by atoms with Crippen molar-refractivity contribution in [3.63, 3.8) is 0 Å². The number of nitrogens with two attached hydrogens (primary N) is 2. The van der Waals surface area contributed by atoms with Gasteiger partial charge in [-0.2, -0.15) is 0 Å². The van der Waals surface area contributed by atoms with Gasteiger partial charge in [-0.25, -0.2) is 38.4 Å². The number of primary amides is 2. The van der Waals surface area contributed by atoms with Gasteiger partial charge in [-0.05, 0) is 210 Å².